The highest BCUT2D eigenvalue weighted by Gasteiger charge is 2.50. The van der Waals surface area contributed by atoms with Gasteiger partial charge in [0.2, 0.25) is 11.8 Å². The van der Waals surface area contributed by atoms with E-state index in [2.05, 4.69) is 10.6 Å². The van der Waals surface area contributed by atoms with Gasteiger partial charge in [-0.2, -0.15) is 11.8 Å². The molecule has 3 rings (SSSR count). The van der Waals surface area contributed by atoms with Crippen LogP contribution in [0, 0.1) is 5.92 Å². The first-order valence-electron chi connectivity index (χ1n) is 14.9. The van der Waals surface area contributed by atoms with E-state index in [4.69, 9.17) is 34.6 Å². The maximum atomic E-state index is 13.6. The zero-order valence-corrected chi connectivity index (χ0v) is 27.8. The Bertz CT molecular complexity index is 1620. The van der Waals surface area contributed by atoms with Crippen LogP contribution in [0.2, 0.25) is 0 Å². The summed E-state index contributed by atoms with van der Waals surface area (Å²) in [6, 6.07) is 3.57. The van der Waals surface area contributed by atoms with E-state index >= 15 is 0 Å². The van der Waals surface area contributed by atoms with Crippen molar-refractivity contribution in [1.29, 1.82) is 0 Å². The second-order valence-electron chi connectivity index (χ2n) is 11.8. The molecule has 0 saturated carbocycles. The molecule has 1 aromatic heterocycles. The predicted octanol–water partition coefficient (Wildman–Crippen LogP) is 1.12. The molecule has 1 aliphatic rings. The van der Waals surface area contributed by atoms with Gasteiger partial charge in [-0.3, -0.25) is 28.8 Å². The van der Waals surface area contributed by atoms with E-state index in [0.717, 1.165) is 11.8 Å². The first-order chi connectivity index (χ1) is 22.4. The summed E-state index contributed by atoms with van der Waals surface area (Å²) < 4.78 is 23.1. The Morgan fingerprint density at radius 1 is 1.08 bits per heavy atom. The van der Waals surface area contributed by atoms with Crippen LogP contribution in [-0.2, 0) is 38.2 Å². The van der Waals surface area contributed by atoms with Gasteiger partial charge in [-0.25, -0.2) is 4.79 Å². The molecular weight excluding hydrogens is 654 g/mol. The van der Waals surface area contributed by atoms with Crippen LogP contribution in [0.1, 0.15) is 59.1 Å². The third-order valence-electron chi connectivity index (χ3n) is 7.60. The fraction of sp³-hybridized carbons (Fsp3) is 0.516. The summed E-state index contributed by atoms with van der Waals surface area (Å²) in [6.45, 7) is 6.96. The molecule has 0 radical (unpaired) electrons. The number of esters is 2. The number of benzene rings is 1. The van der Waals surface area contributed by atoms with Crippen molar-refractivity contribution in [3.63, 3.8) is 0 Å². The van der Waals surface area contributed by atoms with Crippen LogP contribution in [0.4, 0.5) is 0 Å². The summed E-state index contributed by atoms with van der Waals surface area (Å²) in [7, 11) is 0. The second kappa shape index (κ2) is 16.0. The van der Waals surface area contributed by atoms with Crippen LogP contribution in [0.5, 0.6) is 5.75 Å². The average molecular weight is 694 g/mol. The van der Waals surface area contributed by atoms with E-state index in [1.54, 1.807) is 45.9 Å². The molecule has 0 bridgehead atoms. The smallest absolute Gasteiger partial charge is 0.336 e. The van der Waals surface area contributed by atoms with Crippen LogP contribution in [0.15, 0.2) is 33.5 Å². The van der Waals surface area contributed by atoms with Gasteiger partial charge in [-0.15, -0.1) is 0 Å². The molecular formula is C31H39N3O13S. The number of rotatable bonds is 16. The van der Waals surface area contributed by atoms with E-state index in [1.807, 2.05) is 0 Å². The molecule has 6 N–H and O–H groups in total. The Morgan fingerprint density at radius 2 is 1.75 bits per heavy atom. The third-order valence-corrected chi connectivity index (χ3v) is 9.06. The van der Waals surface area contributed by atoms with Gasteiger partial charge in [-0.1, -0.05) is 13.8 Å². The number of nitrogens with one attached hydrogen (secondary N) is 2. The molecule has 1 aliphatic heterocycles. The highest BCUT2D eigenvalue weighted by atomic mass is 32.2. The molecule has 17 heteroatoms. The van der Waals surface area contributed by atoms with Crippen molar-refractivity contribution >= 4 is 58.4 Å². The molecule has 0 aliphatic carbocycles. The third kappa shape index (κ3) is 9.70. The van der Waals surface area contributed by atoms with Crippen molar-refractivity contribution in [3.8, 4) is 5.75 Å². The molecule has 2 aromatic rings. The van der Waals surface area contributed by atoms with Crippen LogP contribution in [-0.4, -0.2) is 87.2 Å². The van der Waals surface area contributed by atoms with Gasteiger partial charge in [0.25, 0.3) is 0 Å². The number of carboxylic acids is 2. The lowest BCUT2D eigenvalue weighted by Crippen LogP contribution is -2.50. The Kier molecular flexibility index (Phi) is 12.6. The lowest BCUT2D eigenvalue weighted by atomic mass is 9.93. The molecule has 0 spiro atoms. The van der Waals surface area contributed by atoms with Gasteiger partial charge >= 0.3 is 29.5 Å². The molecule has 48 heavy (non-hydrogen) atoms. The summed E-state index contributed by atoms with van der Waals surface area (Å²) in [5, 5.41) is 22.6. The standard InChI is InChI=1S/C31H39N3O13S/c1-14(15(2)48-13-19(28(40)33-12-22(37)38)34-21(36)10-8-18(32)29(41)42)30(43)46-26-24-20(44-27(26)31(4,5)47-16(3)35)9-6-17-7-11-23(39)45-25(17)24/h6-7,9,11,14-15,18-19,26-27H,8,10,12-13,32H2,1-5H3,(H,33,40)(H,34,36)(H,37,38)(H,41,42). The second-order valence-corrected chi connectivity index (χ2v) is 13.2. The minimum Gasteiger partial charge on any atom is -0.481 e. The molecule has 0 fully saturated rings. The first kappa shape index (κ1) is 37.8. The zero-order valence-electron chi connectivity index (χ0n) is 27.0. The van der Waals surface area contributed by atoms with Crippen LogP contribution in [0.3, 0.4) is 0 Å². The van der Waals surface area contributed by atoms with Gasteiger partial charge in [0.15, 0.2) is 12.2 Å². The zero-order chi connectivity index (χ0) is 35.9. The molecule has 262 valence electrons. The van der Waals surface area contributed by atoms with Crippen molar-refractivity contribution < 1.29 is 57.6 Å². The molecule has 1 aromatic carbocycles. The monoisotopic (exact) mass is 693 g/mol. The van der Waals surface area contributed by atoms with Crippen molar-refractivity contribution in [2.75, 3.05) is 12.3 Å². The number of fused-ring (bicyclic) bond motifs is 3. The SMILES string of the molecule is CC(=O)OC(C)(C)C1Oc2ccc3ccc(=O)oc3c2C1OC(=O)C(C)C(C)SCC(NC(=O)CCC(N)C(=O)O)C(=O)NCC(=O)O. The number of amides is 2. The maximum absolute atomic E-state index is 13.6. The van der Waals surface area contributed by atoms with E-state index in [-0.39, 0.29) is 35.5 Å². The lowest BCUT2D eigenvalue weighted by molar-refractivity contribution is -0.177. The number of carbonyl (C=O) groups is 6. The van der Waals surface area contributed by atoms with Gasteiger partial charge < -0.3 is 45.2 Å². The molecule has 6 unspecified atom stereocenters. The largest absolute Gasteiger partial charge is 0.481 e. The summed E-state index contributed by atoms with van der Waals surface area (Å²) >= 11 is 1.11. The van der Waals surface area contributed by atoms with Gasteiger partial charge in [0.1, 0.15) is 35.6 Å². The van der Waals surface area contributed by atoms with E-state index in [9.17, 15) is 33.6 Å². The Balaban J connectivity index is 1.79. The number of ether oxygens (including phenoxy) is 3. The van der Waals surface area contributed by atoms with Crippen molar-refractivity contribution in [1.82, 2.24) is 10.6 Å². The van der Waals surface area contributed by atoms with Crippen molar-refractivity contribution in [3.05, 3.63) is 40.2 Å². The normalized spacial score (nSPS) is 18.0. The van der Waals surface area contributed by atoms with Gasteiger partial charge in [0.05, 0.1) is 11.5 Å². The Labute approximate surface area is 279 Å². The first-order valence-corrected chi connectivity index (χ1v) is 16.0. The number of nitrogens with two attached hydrogens (primary N) is 1. The fourth-order valence-electron chi connectivity index (χ4n) is 4.88. The van der Waals surface area contributed by atoms with Crippen molar-refractivity contribution in [2.45, 2.75) is 82.6 Å². The molecule has 16 nitrogen and oxygen atoms in total. The molecule has 2 heterocycles. The van der Waals surface area contributed by atoms with Gasteiger partial charge in [-0.05, 0) is 38.5 Å². The number of hydrogen-bond donors (Lipinski definition) is 5. The van der Waals surface area contributed by atoms with E-state index in [0.29, 0.717) is 5.39 Å². The number of hydrogen-bond acceptors (Lipinski definition) is 13. The summed E-state index contributed by atoms with van der Waals surface area (Å²) in [5.41, 5.74) is 3.94. The van der Waals surface area contributed by atoms with Crippen LogP contribution >= 0.6 is 11.8 Å². The number of aliphatic carboxylic acids is 2. The Hall–Kier alpha value is -4.64. The lowest BCUT2D eigenvalue weighted by Gasteiger charge is -2.34. The fourth-order valence-corrected chi connectivity index (χ4v) is 6.01. The maximum Gasteiger partial charge on any atom is 0.336 e. The summed E-state index contributed by atoms with van der Waals surface area (Å²) in [4.78, 5) is 84.9. The highest BCUT2D eigenvalue weighted by molar-refractivity contribution is 8.00. The Morgan fingerprint density at radius 3 is 2.38 bits per heavy atom. The van der Waals surface area contributed by atoms with Crippen molar-refractivity contribution in [2.24, 2.45) is 11.7 Å². The molecule has 0 saturated heterocycles. The van der Waals surface area contributed by atoms with Crippen LogP contribution < -0.4 is 26.7 Å². The number of carbonyl (C=O) groups excluding carboxylic acids is 4. The molecule has 6 atom stereocenters. The van der Waals surface area contributed by atoms with E-state index in [1.165, 1.54) is 13.0 Å². The average Bonchev–Trinajstić information content (AvgIpc) is 3.38. The van der Waals surface area contributed by atoms with E-state index < -0.39 is 88.9 Å². The predicted molar refractivity (Wildman–Crippen MR) is 170 cm³/mol. The molecule has 2 amide bonds. The quantitative estimate of drug-likeness (QED) is 0.122. The highest BCUT2D eigenvalue weighted by Crippen LogP contribution is 2.47. The summed E-state index contributed by atoms with van der Waals surface area (Å²) in [6.07, 6.45) is -2.69. The van der Waals surface area contributed by atoms with Gasteiger partial charge in [0, 0.05) is 35.8 Å². The number of thioether (sulfide) groups is 1. The topological polar surface area (TPSA) is 251 Å². The number of carboxylic acid groups (broad SMARTS) is 2. The summed E-state index contributed by atoms with van der Waals surface area (Å²) in [5.74, 6) is -6.03. The minimum atomic E-state index is -1.31. The minimum absolute atomic E-state index is 0.0890. The van der Waals surface area contributed by atoms with Crippen LogP contribution in [0.25, 0.3) is 11.0 Å².